The van der Waals surface area contributed by atoms with E-state index in [2.05, 4.69) is 11.4 Å². The van der Waals surface area contributed by atoms with Gasteiger partial charge in [0.1, 0.15) is 0 Å². The van der Waals surface area contributed by atoms with Crippen LogP contribution in [0, 0.1) is 6.92 Å². The minimum atomic E-state index is -0.326. The fraction of sp³-hybridized carbons (Fsp3) is 0.333. The molecule has 1 N–H and O–H groups in total. The van der Waals surface area contributed by atoms with Crippen LogP contribution < -0.4 is 5.32 Å². The lowest BCUT2D eigenvalue weighted by molar-refractivity contribution is -0.148. The number of carbonyl (C=O) groups is 2. The lowest BCUT2D eigenvalue weighted by Gasteiger charge is -2.08. The van der Waals surface area contributed by atoms with Crippen LogP contribution in [0.1, 0.15) is 28.8 Å². The molecule has 1 aromatic heterocycles. The van der Waals surface area contributed by atoms with Gasteiger partial charge in [-0.15, -0.1) is 11.3 Å². The van der Waals surface area contributed by atoms with Crippen LogP contribution in [0.2, 0.25) is 0 Å². The third kappa shape index (κ3) is 6.24. The topological polar surface area (TPSA) is 55.4 Å². The molecule has 0 spiro atoms. The molecule has 4 nitrogen and oxygen atoms in total. The van der Waals surface area contributed by atoms with E-state index < -0.39 is 0 Å². The summed E-state index contributed by atoms with van der Waals surface area (Å²) in [6.45, 7) is 2.22. The van der Waals surface area contributed by atoms with Gasteiger partial charge in [0, 0.05) is 17.8 Å². The highest BCUT2D eigenvalue weighted by atomic mass is 32.1. The van der Waals surface area contributed by atoms with Crippen molar-refractivity contribution in [1.82, 2.24) is 5.32 Å². The molecule has 2 aromatic rings. The van der Waals surface area contributed by atoms with Crippen molar-refractivity contribution in [1.29, 1.82) is 0 Å². The monoisotopic (exact) mass is 331 g/mol. The van der Waals surface area contributed by atoms with Gasteiger partial charge in [-0.3, -0.25) is 9.59 Å². The summed E-state index contributed by atoms with van der Waals surface area (Å²) in [7, 11) is 0. The first-order valence-electron chi connectivity index (χ1n) is 7.64. The van der Waals surface area contributed by atoms with E-state index in [1.54, 1.807) is 11.3 Å². The molecular weight excluding hydrogens is 310 g/mol. The van der Waals surface area contributed by atoms with Gasteiger partial charge in [-0.2, -0.15) is 0 Å². The van der Waals surface area contributed by atoms with Crippen molar-refractivity contribution in [2.45, 2.75) is 32.7 Å². The quantitative estimate of drug-likeness (QED) is 0.756. The third-order valence-corrected chi connectivity index (χ3v) is 4.42. The molecule has 122 valence electrons. The van der Waals surface area contributed by atoms with Crippen LogP contribution in [0.5, 0.6) is 0 Å². The van der Waals surface area contributed by atoms with Gasteiger partial charge in [0.05, 0.1) is 0 Å². The van der Waals surface area contributed by atoms with E-state index in [1.165, 1.54) is 4.88 Å². The summed E-state index contributed by atoms with van der Waals surface area (Å²) >= 11 is 1.68. The number of ether oxygens (including phenoxy) is 1. The van der Waals surface area contributed by atoms with Crippen molar-refractivity contribution in [2.75, 3.05) is 6.61 Å². The summed E-state index contributed by atoms with van der Waals surface area (Å²) in [6, 6.07) is 11.9. The average Bonchev–Trinajstić information content (AvgIpc) is 3.05. The van der Waals surface area contributed by atoms with Gasteiger partial charge in [0.15, 0.2) is 6.61 Å². The van der Waals surface area contributed by atoms with Crippen LogP contribution in [0.4, 0.5) is 0 Å². The maximum Gasteiger partial charge on any atom is 0.306 e. The standard InChI is InChI=1S/C18H21NO3S/c1-14-6-2-3-7-15(14)12-19-17(20)13-22-18(21)10-4-8-16-9-5-11-23-16/h2-3,5-7,9,11H,4,8,10,12-13H2,1H3,(H,19,20). The average molecular weight is 331 g/mol. The molecule has 0 fully saturated rings. The highest BCUT2D eigenvalue weighted by molar-refractivity contribution is 7.09. The Morgan fingerprint density at radius 3 is 2.74 bits per heavy atom. The van der Waals surface area contributed by atoms with Gasteiger partial charge in [0.2, 0.25) is 0 Å². The molecule has 0 radical (unpaired) electrons. The molecule has 1 amide bonds. The van der Waals surface area contributed by atoms with E-state index >= 15 is 0 Å². The van der Waals surface area contributed by atoms with Gasteiger partial charge in [0.25, 0.3) is 5.91 Å². The number of hydrogen-bond acceptors (Lipinski definition) is 4. The summed E-state index contributed by atoms with van der Waals surface area (Å²) in [4.78, 5) is 24.6. The van der Waals surface area contributed by atoms with E-state index in [9.17, 15) is 9.59 Å². The highest BCUT2D eigenvalue weighted by Gasteiger charge is 2.08. The van der Waals surface area contributed by atoms with Crippen LogP contribution in [0.15, 0.2) is 41.8 Å². The molecule has 1 heterocycles. The van der Waals surface area contributed by atoms with Crippen LogP contribution in [-0.4, -0.2) is 18.5 Å². The number of benzene rings is 1. The Labute approximate surface area is 140 Å². The van der Waals surface area contributed by atoms with Gasteiger partial charge in [-0.25, -0.2) is 0 Å². The molecule has 0 atom stereocenters. The van der Waals surface area contributed by atoms with E-state index in [0.717, 1.165) is 24.0 Å². The largest absolute Gasteiger partial charge is 0.456 e. The Morgan fingerprint density at radius 2 is 2.00 bits per heavy atom. The van der Waals surface area contributed by atoms with E-state index in [0.29, 0.717) is 13.0 Å². The minimum Gasteiger partial charge on any atom is -0.456 e. The highest BCUT2D eigenvalue weighted by Crippen LogP contribution is 2.12. The second-order valence-corrected chi connectivity index (χ2v) is 6.33. The number of esters is 1. The van der Waals surface area contributed by atoms with Crippen LogP contribution in [0.3, 0.4) is 0 Å². The number of thiophene rings is 1. The summed E-state index contributed by atoms with van der Waals surface area (Å²) in [5, 5.41) is 4.78. The summed E-state index contributed by atoms with van der Waals surface area (Å²) in [6.07, 6.45) is 1.94. The Kier molecular flexibility index (Phi) is 6.81. The summed E-state index contributed by atoms with van der Waals surface area (Å²) < 4.78 is 4.99. The maximum absolute atomic E-state index is 11.7. The molecule has 0 unspecified atom stereocenters. The number of amides is 1. The first kappa shape index (κ1) is 17.2. The lowest BCUT2D eigenvalue weighted by Crippen LogP contribution is -2.28. The zero-order valence-corrected chi connectivity index (χ0v) is 14.0. The molecule has 0 saturated carbocycles. The normalized spacial score (nSPS) is 10.3. The fourth-order valence-corrected chi connectivity index (χ4v) is 2.88. The fourth-order valence-electron chi connectivity index (χ4n) is 2.13. The van der Waals surface area contributed by atoms with E-state index in [4.69, 9.17) is 4.74 Å². The summed E-state index contributed by atoms with van der Waals surface area (Å²) in [5.41, 5.74) is 2.18. The second kappa shape index (κ2) is 9.10. The zero-order chi connectivity index (χ0) is 16.5. The molecule has 1 aromatic carbocycles. The van der Waals surface area contributed by atoms with Crippen LogP contribution in [-0.2, 0) is 27.3 Å². The van der Waals surface area contributed by atoms with E-state index in [1.807, 2.05) is 42.6 Å². The molecule has 5 heteroatoms. The first-order valence-corrected chi connectivity index (χ1v) is 8.52. The number of nitrogens with one attached hydrogen (secondary N) is 1. The van der Waals surface area contributed by atoms with Crippen molar-refractivity contribution < 1.29 is 14.3 Å². The van der Waals surface area contributed by atoms with Crippen molar-refractivity contribution in [3.63, 3.8) is 0 Å². The number of carbonyl (C=O) groups excluding carboxylic acids is 2. The SMILES string of the molecule is Cc1ccccc1CNC(=O)COC(=O)CCCc1cccs1. The van der Waals surface area contributed by atoms with Gasteiger partial charge in [-0.05, 0) is 42.3 Å². The predicted molar refractivity (Wildman–Crippen MR) is 91.2 cm³/mol. The Morgan fingerprint density at radius 1 is 1.17 bits per heavy atom. The maximum atomic E-state index is 11.7. The molecule has 0 aliphatic carbocycles. The zero-order valence-electron chi connectivity index (χ0n) is 13.2. The predicted octanol–water partition coefficient (Wildman–Crippen LogP) is 3.24. The lowest BCUT2D eigenvalue weighted by atomic mass is 10.1. The van der Waals surface area contributed by atoms with Crippen LogP contribution >= 0.6 is 11.3 Å². The Bertz CT molecular complexity index is 637. The van der Waals surface area contributed by atoms with Crippen molar-refractivity contribution in [3.05, 3.63) is 57.8 Å². The Hall–Kier alpha value is -2.14. The molecule has 2 rings (SSSR count). The van der Waals surface area contributed by atoms with E-state index in [-0.39, 0.29) is 18.5 Å². The number of hydrogen-bond donors (Lipinski definition) is 1. The number of aryl methyl sites for hydroxylation is 2. The second-order valence-electron chi connectivity index (χ2n) is 5.30. The number of rotatable bonds is 8. The van der Waals surface area contributed by atoms with Crippen molar-refractivity contribution in [2.24, 2.45) is 0 Å². The van der Waals surface area contributed by atoms with Gasteiger partial charge >= 0.3 is 5.97 Å². The minimum absolute atomic E-state index is 0.219. The van der Waals surface area contributed by atoms with Gasteiger partial charge in [-0.1, -0.05) is 30.3 Å². The molecule has 0 saturated heterocycles. The summed E-state index contributed by atoms with van der Waals surface area (Å²) in [5.74, 6) is -0.604. The smallest absolute Gasteiger partial charge is 0.306 e. The third-order valence-electron chi connectivity index (χ3n) is 3.49. The van der Waals surface area contributed by atoms with Crippen molar-refractivity contribution >= 4 is 23.2 Å². The van der Waals surface area contributed by atoms with Crippen molar-refractivity contribution in [3.8, 4) is 0 Å². The molecular formula is C18H21NO3S. The molecule has 0 aliphatic rings. The molecule has 23 heavy (non-hydrogen) atoms. The van der Waals surface area contributed by atoms with Gasteiger partial charge < -0.3 is 10.1 Å². The molecule has 0 bridgehead atoms. The van der Waals surface area contributed by atoms with Crippen LogP contribution in [0.25, 0.3) is 0 Å². The molecule has 0 aliphatic heterocycles. The first-order chi connectivity index (χ1) is 11.1. The Balaban J connectivity index is 1.60.